The van der Waals surface area contributed by atoms with Gasteiger partial charge in [-0.05, 0) is 49.4 Å². The molecule has 3 aromatic carbocycles. The molecule has 0 aliphatic carbocycles. The van der Waals surface area contributed by atoms with E-state index in [2.05, 4.69) is 5.32 Å². The molecule has 0 bridgehead atoms. The van der Waals surface area contributed by atoms with Gasteiger partial charge in [-0.15, -0.1) is 0 Å². The van der Waals surface area contributed by atoms with E-state index in [9.17, 15) is 13.2 Å². The monoisotopic (exact) mass is 424 g/mol. The molecule has 0 aliphatic heterocycles. The Labute approximate surface area is 177 Å². The summed E-state index contributed by atoms with van der Waals surface area (Å²) in [5.74, 6) is 0.356. The van der Waals surface area contributed by atoms with Crippen molar-refractivity contribution >= 4 is 21.6 Å². The highest BCUT2D eigenvalue weighted by Gasteiger charge is 2.22. The molecule has 0 aliphatic rings. The number of nitrogens with zero attached hydrogens (tertiary/aromatic N) is 1. The van der Waals surface area contributed by atoms with Crippen molar-refractivity contribution in [2.24, 2.45) is 0 Å². The van der Waals surface area contributed by atoms with Gasteiger partial charge in [0.25, 0.3) is 15.9 Å². The topological polar surface area (TPSA) is 75.7 Å². The number of ether oxygens (including phenoxy) is 1. The third kappa shape index (κ3) is 5.18. The predicted octanol–water partition coefficient (Wildman–Crippen LogP) is 3.71. The van der Waals surface area contributed by atoms with Gasteiger partial charge < -0.3 is 10.1 Å². The molecule has 7 heteroatoms. The summed E-state index contributed by atoms with van der Waals surface area (Å²) in [4.78, 5) is 12.7. The third-order valence-corrected chi connectivity index (χ3v) is 6.28. The van der Waals surface area contributed by atoms with Crippen LogP contribution in [0.15, 0.2) is 89.8 Å². The van der Waals surface area contributed by atoms with Crippen LogP contribution in [0.2, 0.25) is 0 Å². The highest BCUT2D eigenvalue weighted by atomic mass is 32.2. The lowest BCUT2D eigenvalue weighted by atomic mass is 10.2. The van der Waals surface area contributed by atoms with Crippen LogP contribution in [0.3, 0.4) is 0 Å². The number of hydrogen-bond donors (Lipinski definition) is 1. The van der Waals surface area contributed by atoms with Crippen LogP contribution in [0.25, 0.3) is 0 Å². The SMILES string of the molecule is C[C@@H](COc1ccccc1)NC(=O)c1cccc(S(=O)(=O)N(C)c2ccccc2)c1. The van der Waals surface area contributed by atoms with Gasteiger partial charge in [0.15, 0.2) is 0 Å². The first-order chi connectivity index (χ1) is 14.4. The summed E-state index contributed by atoms with van der Waals surface area (Å²) >= 11 is 0. The quantitative estimate of drug-likeness (QED) is 0.598. The molecule has 0 fully saturated rings. The maximum atomic E-state index is 13.0. The molecule has 1 N–H and O–H groups in total. The highest BCUT2D eigenvalue weighted by molar-refractivity contribution is 7.92. The molecule has 6 nitrogen and oxygen atoms in total. The van der Waals surface area contributed by atoms with E-state index in [1.165, 1.54) is 23.5 Å². The van der Waals surface area contributed by atoms with Gasteiger partial charge in [0.1, 0.15) is 12.4 Å². The molecule has 0 saturated carbocycles. The molecule has 30 heavy (non-hydrogen) atoms. The Hall–Kier alpha value is -3.32. The first kappa shape index (κ1) is 21.4. The van der Waals surface area contributed by atoms with Gasteiger partial charge >= 0.3 is 0 Å². The molecule has 156 valence electrons. The van der Waals surface area contributed by atoms with Gasteiger partial charge in [-0.1, -0.05) is 42.5 Å². The summed E-state index contributed by atoms with van der Waals surface area (Å²) in [5, 5.41) is 2.83. The van der Waals surface area contributed by atoms with Gasteiger partial charge in [-0.3, -0.25) is 9.10 Å². The number of amides is 1. The Morgan fingerprint density at radius 2 is 1.60 bits per heavy atom. The second kappa shape index (κ2) is 9.45. The molecule has 0 unspecified atom stereocenters. The summed E-state index contributed by atoms with van der Waals surface area (Å²) in [6.07, 6.45) is 0. The molecular weight excluding hydrogens is 400 g/mol. The summed E-state index contributed by atoms with van der Waals surface area (Å²) in [5.41, 5.74) is 0.808. The molecule has 0 aromatic heterocycles. The number of carbonyl (C=O) groups is 1. The molecule has 0 radical (unpaired) electrons. The van der Waals surface area contributed by atoms with E-state index in [-0.39, 0.29) is 22.4 Å². The van der Waals surface area contributed by atoms with E-state index < -0.39 is 10.0 Å². The fourth-order valence-corrected chi connectivity index (χ4v) is 4.06. The molecule has 0 spiro atoms. The predicted molar refractivity (Wildman–Crippen MR) is 117 cm³/mol. The molecule has 0 saturated heterocycles. The molecular formula is C23H24N2O4S. The number of anilines is 1. The van der Waals surface area contributed by atoms with Crippen molar-refractivity contribution in [3.63, 3.8) is 0 Å². The summed E-state index contributed by atoms with van der Waals surface area (Å²) in [7, 11) is -2.31. The van der Waals surface area contributed by atoms with Crippen LogP contribution < -0.4 is 14.4 Å². The number of benzene rings is 3. The lowest BCUT2D eigenvalue weighted by molar-refractivity contribution is 0.0926. The lowest BCUT2D eigenvalue weighted by Crippen LogP contribution is -2.37. The second-order valence-corrected chi connectivity index (χ2v) is 8.80. The highest BCUT2D eigenvalue weighted by Crippen LogP contribution is 2.22. The molecule has 0 heterocycles. The van der Waals surface area contributed by atoms with Crippen molar-refractivity contribution in [3.05, 3.63) is 90.5 Å². The van der Waals surface area contributed by atoms with Crippen molar-refractivity contribution in [1.29, 1.82) is 0 Å². The van der Waals surface area contributed by atoms with Crippen LogP contribution in [0.1, 0.15) is 17.3 Å². The molecule has 3 rings (SSSR count). The minimum atomic E-state index is -3.79. The number of para-hydroxylation sites is 2. The maximum absolute atomic E-state index is 13.0. The average Bonchev–Trinajstić information content (AvgIpc) is 2.78. The zero-order valence-electron chi connectivity index (χ0n) is 16.9. The summed E-state index contributed by atoms with van der Waals surface area (Å²) < 4.78 is 32.8. The van der Waals surface area contributed by atoms with E-state index in [4.69, 9.17) is 4.74 Å². The van der Waals surface area contributed by atoms with E-state index in [1.807, 2.05) is 43.3 Å². The Morgan fingerprint density at radius 1 is 0.967 bits per heavy atom. The summed E-state index contributed by atoms with van der Waals surface area (Å²) in [6.45, 7) is 2.12. The van der Waals surface area contributed by atoms with Crippen molar-refractivity contribution in [1.82, 2.24) is 5.32 Å². The van der Waals surface area contributed by atoms with Gasteiger partial charge in [-0.25, -0.2) is 8.42 Å². The van der Waals surface area contributed by atoms with Crippen molar-refractivity contribution in [2.45, 2.75) is 17.9 Å². The zero-order valence-corrected chi connectivity index (χ0v) is 17.7. The fraction of sp³-hybridized carbons (Fsp3) is 0.174. The van der Waals surface area contributed by atoms with Gasteiger partial charge in [0.2, 0.25) is 0 Å². The Kier molecular flexibility index (Phi) is 6.74. The largest absolute Gasteiger partial charge is 0.491 e. The van der Waals surface area contributed by atoms with E-state index >= 15 is 0 Å². The second-order valence-electron chi connectivity index (χ2n) is 6.83. The molecule has 3 aromatic rings. The number of hydrogen-bond acceptors (Lipinski definition) is 4. The van der Waals surface area contributed by atoms with Crippen LogP contribution >= 0.6 is 0 Å². The first-order valence-corrected chi connectivity index (χ1v) is 10.9. The van der Waals surface area contributed by atoms with Gasteiger partial charge in [0, 0.05) is 12.6 Å². The molecule has 1 atom stereocenters. The third-order valence-electron chi connectivity index (χ3n) is 4.50. The number of carbonyl (C=O) groups excluding carboxylic acids is 1. The Balaban J connectivity index is 1.69. The van der Waals surface area contributed by atoms with Gasteiger partial charge in [-0.2, -0.15) is 0 Å². The standard InChI is InChI=1S/C23H24N2O4S/c1-18(17-29-21-13-7-4-8-14-21)24-23(26)19-10-9-15-22(16-19)30(27,28)25(2)20-11-5-3-6-12-20/h3-16,18H,17H2,1-2H3,(H,24,26)/t18-/m0/s1. The average molecular weight is 425 g/mol. The fourth-order valence-electron chi connectivity index (χ4n) is 2.82. The van der Waals surface area contributed by atoms with Crippen LogP contribution in [0.4, 0.5) is 5.69 Å². The Bertz CT molecular complexity index is 1090. The first-order valence-electron chi connectivity index (χ1n) is 9.50. The minimum Gasteiger partial charge on any atom is -0.491 e. The normalized spacial score (nSPS) is 12.1. The lowest BCUT2D eigenvalue weighted by Gasteiger charge is -2.20. The van der Waals surface area contributed by atoms with Crippen LogP contribution in [0.5, 0.6) is 5.75 Å². The van der Waals surface area contributed by atoms with Crippen molar-refractivity contribution in [2.75, 3.05) is 18.0 Å². The van der Waals surface area contributed by atoms with E-state index in [0.717, 1.165) is 5.75 Å². The summed E-state index contributed by atoms with van der Waals surface area (Å²) in [6, 6.07) is 23.8. The van der Waals surface area contributed by atoms with E-state index in [0.29, 0.717) is 12.3 Å². The number of rotatable bonds is 8. The zero-order chi connectivity index (χ0) is 21.6. The smallest absolute Gasteiger partial charge is 0.264 e. The van der Waals surface area contributed by atoms with Crippen LogP contribution in [-0.4, -0.2) is 34.0 Å². The van der Waals surface area contributed by atoms with Crippen LogP contribution in [0, 0.1) is 0 Å². The minimum absolute atomic E-state index is 0.0506. The van der Waals surface area contributed by atoms with Gasteiger partial charge in [0.05, 0.1) is 16.6 Å². The Morgan fingerprint density at radius 3 is 2.27 bits per heavy atom. The molecule has 1 amide bonds. The van der Waals surface area contributed by atoms with Crippen LogP contribution in [-0.2, 0) is 10.0 Å². The number of sulfonamides is 1. The van der Waals surface area contributed by atoms with Crippen molar-refractivity contribution < 1.29 is 17.9 Å². The maximum Gasteiger partial charge on any atom is 0.264 e. The van der Waals surface area contributed by atoms with Crippen molar-refractivity contribution in [3.8, 4) is 5.75 Å². The number of nitrogens with one attached hydrogen (secondary N) is 1. The van der Waals surface area contributed by atoms with E-state index in [1.54, 1.807) is 36.4 Å².